The third-order valence-corrected chi connectivity index (χ3v) is 4.68. The number of carbonyl (C=O) groups excluding carboxylic acids is 3. The Labute approximate surface area is 165 Å². The highest BCUT2D eigenvalue weighted by Crippen LogP contribution is 2.32. The zero-order chi connectivity index (χ0) is 19.8. The molecule has 1 aromatic heterocycles. The first-order chi connectivity index (χ1) is 13.4. The number of aryl methyl sites for hydroxylation is 1. The molecular formula is C21H15ClN2O4. The predicted molar refractivity (Wildman–Crippen MR) is 104 cm³/mol. The molecule has 6 nitrogen and oxygen atoms in total. The lowest BCUT2D eigenvalue weighted by Gasteiger charge is -2.15. The molecule has 0 radical (unpaired) electrons. The molecule has 2 aromatic carbocycles. The number of carbonyl (C=O) groups is 3. The van der Waals surface area contributed by atoms with Crippen molar-refractivity contribution < 1.29 is 18.8 Å². The normalized spacial score (nSPS) is 13.0. The van der Waals surface area contributed by atoms with Crippen molar-refractivity contribution in [3.63, 3.8) is 0 Å². The van der Waals surface area contributed by atoms with Gasteiger partial charge in [0.15, 0.2) is 0 Å². The lowest BCUT2D eigenvalue weighted by Crippen LogP contribution is -2.37. The molecule has 0 unspecified atom stereocenters. The van der Waals surface area contributed by atoms with Gasteiger partial charge in [-0.05, 0) is 49.4 Å². The number of nitrogens with zero attached hydrogens (tertiary/aromatic N) is 1. The first-order valence-corrected chi connectivity index (χ1v) is 8.93. The van der Waals surface area contributed by atoms with Crippen LogP contribution >= 0.6 is 11.6 Å². The third-order valence-electron chi connectivity index (χ3n) is 4.44. The van der Waals surface area contributed by atoms with Crippen LogP contribution < -0.4 is 5.32 Å². The summed E-state index contributed by atoms with van der Waals surface area (Å²) in [5.74, 6) is -0.174. The minimum atomic E-state index is -0.513. The summed E-state index contributed by atoms with van der Waals surface area (Å²) in [7, 11) is 0. The minimum Gasteiger partial charge on any atom is -0.461 e. The number of benzene rings is 2. The first kappa shape index (κ1) is 18.0. The van der Waals surface area contributed by atoms with Gasteiger partial charge >= 0.3 is 0 Å². The molecule has 0 fully saturated rings. The smallest absolute Gasteiger partial charge is 0.262 e. The fraction of sp³-hybridized carbons (Fsp3) is 0.0952. The Morgan fingerprint density at radius 1 is 1.00 bits per heavy atom. The number of hydrogen-bond donors (Lipinski definition) is 1. The van der Waals surface area contributed by atoms with Crippen LogP contribution in [0.15, 0.2) is 59.0 Å². The lowest BCUT2D eigenvalue weighted by atomic mass is 10.1. The van der Waals surface area contributed by atoms with Crippen LogP contribution in [0.1, 0.15) is 26.5 Å². The standard InChI is InChI=1S/C21H15ClN2O4/c1-12-6-9-18(28-12)16-8-7-13(22)10-17(16)23-19(25)11-24-20(26)14-4-2-3-5-15(14)21(24)27/h2-10H,11H2,1H3,(H,23,25). The Hall–Kier alpha value is -3.38. The molecule has 0 spiro atoms. The van der Waals surface area contributed by atoms with Gasteiger partial charge in [0.25, 0.3) is 11.8 Å². The van der Waals surface area contributed by atoms with Crippen LogP contribution in [0.3, 0.4) is 0 Å². The van der Waals surface area contributed by atoms with E-state index in [0.717, 1.165) is 10.7 Å². The number of nitrogens with one attached hydrogen (secondary N) is 1. The Kier molecular flexibility index (Phi) is 4.49. The zero-order valence-electron chi connectivity index (χ0n) is 14.9. The third kappa shape index (κ3) is 3.18. The first-order valence-electron chi connectivity index (χ1n) is 8.55. The maximum absolute atomic E-state index is 12.6. The second kappa shape index (κ2) is 6.98. The molecule has 1 N–H and O–H groups in total. The van der Waals surface area contributed by atoms with Crippen LogP contribution in [0.4, 0.5) is 5.69 Å². The molecule has 3 aromatic rings. The van der Waals surface area contributed by atoms with Crippen molar-refractivity contribution in [2.45, 2.75) is 6.92 Å². The quantitative estimate of drug-likeness (QED) is 0.674. The van der Waals surface area contributed by atoms with Gasteiger partial charge in [-0.2, -0.15) is 0 Å². The van der Waals surface area contributed by atoms with Crippen molar-refractivity contribution >= 4 is 35.0 Å². The van der Waals surface area contributed by atoms with Gasteiger partial charge < -0.3 is 9.73 Å². The van der Waals surface area contributed by atoms with Crippen LogP contribution in [-0.2, 0) is 4.79 Å². The SMILES string of the molecule is Cc1ccc(-c2ccc(Cl)cc2NC(=O)CN2C(=O)c3ccccc3C2=O)o1. The second-order valence-electron chi connectivity index (χ2n) is 6.39. The topological polar surface area (TPSA) is 79.6 Å². The van der Waals surface area contributed by atoms with Gasteiger partial charge in [-0.15, -0.1) is 0 Å². The summed E-state index contributed by atoms with van der Waals surface area (Å²) in [5.41, 5.74) is 1.68. The second-order valence-corrected chi connectivity index (χ2v) is 6.83. The number of anilines is 1. The summed E-state index contributed by atoms with van der Waals surface area (Å²) < 4.78 is 5.63. The van der Waals surface area contributed by atoms with E-state index in [0.29, 0.717) is 33.2 Å². The van der Waals surface area contributed by atoms with Crippen molar-refractivity contribution in [2.75, 3.05) is 11.9 Å². The molecule has 3 amide bonds. The van der Waals surface area contributed by atoms with Crippen molar-refractivity contribution in [2.24, 2.45) is 0 Å². The van der Waals surface area contributed by atoms with Crippen molar-refractivity contribution in [3.05, 3.63) is 76.5 Å². The Balaban J connectivity index is 1.56. The molecule has 0 saturated carbocycles. The largest absolute Gasteiger partial charge is 0.461 e. The summed E-state index contributed by atoms with van der Waals surface area (Å²) in [5, 5.41) is 3.16. The van der Waals surface area contributed by atoms with E-state index in [9.17, 15) is 14.4 Å². The number of rotatable bonds is 4. The van der Waals surface area contributed by atoms with Crippen molar-refractivity contribution in [1.82, 2.24) is 4.90 Å². The molecule has 28 heavy (non-hydrogen) atoms. The van der Waals surface area contributed by atoms with E-state index in [1.54, 1.807) is 48.5 Å². The van der Waals surface area contributed by atoms with E-state index in [1.807, 2.05) is 13.0 Å². The number of imide groups is 1. The van der Waals surface area contributed by atoms with Crippen molar-refractivity contribution in [3.8, 4) is 11.3 Å². The van der Waals surface area contributed by atoms with Gasteiger partial charge in [0.2, 0.25) is 5.91 Å². The molecule has 0 bridgehead atoms. The van der Waals surface area contributed by atoms with Crippen LogP contribution in [0, 0.1) is 6.92 Å². The van der Waals surface area contributed by atoms with Crippen LogP contribution in [-0.4, -0.2) is 29.2 Å². The van der Waals surface area contributed by atoms with Crippen LogP contribution in [0.2, 0.25) is 5.02 Å². The van der Waals surface area contributed by atoms with Gasteiger partial charge in [-0.1, -0.05) is 23.7 Å². The summed E-state index contributed by atoms with van der Waals surface area (Å²) in [6.45, 7) is 1.43. The monoisotopic (exact) mass is 394 g/mol. The number of hydrogen-bond acceptors (Lipinski definition) is 4. The Bertz CT molecular complexity index is 1080. The van der Waals surface area contributed by atoms with E-state index in [-0.39, 0.29) is 0 Å². The van der Waals surface area contributed by atoms with Gasteiger partial charge in [-0.25, -0.2) is 0 Å². The molecule has 0 saturated heterocycles. The maximum atomic E-state index is 12.6. The van der Waals surface area contributed by atoms with E-state index >= 15 is 0 Å². The molecule has 4 rings (SSSR count). The summed E-state index contributed by atoms with van der Waals surface area (Å²) in [4.78, 5) is 38.4. The number of furan rings is 1. The summed E-state index contributed by atoms with van der Waals surface area (Å²) in [6.07, 6.45) is 0. The highest BCUT2D eigenvalue weighted by atomic mass is 35.5. The van der Waals surface area contributed by atoms with Gasteiger partial charge in [-0.3, -0.25) is 19.3 Å². The minimum absolute atomic E-state index is 0.301. The zero-order valence-corrected chi connectivity index (χ0v) is 15.6. The number of halogens is 1. The van der Waals surface area contributed by atoms with Crippen molar-refractivity contribution in [1.29, 1.82) is 0 Å². The Morgan fingerprint density at radius 3 is 2.29 bits per heavy atom. The molecule has 1 aliphatic rings. The molecule has 2 heterocycles. The van der Waals surface area contributed by atoms with Crippen LogP contribution in [0.5, 0.6) is 0 Å². The van der Waals surface area contributed by atoms with Gasteiger partial charge in [0.05, 0.1) is 16.8 Å². The molecule has 1 aliphatic heterocycles. The van der Waals surface area contributed by atoms with E-state index in [2.05, 4.69) is 5.32 Å². The summed E-state index contributed by atoms with van der Waals surface area (Å²) in [6, 6.07) is 15.1. The fourth-order valence-corrected chi connectivity index (χ4v) is 3.30. The van der Waals surface area contributed by atoms with Gasteiger partial charge in [0, 0.05) is 10.6 Å². The molecular weight excluding hydrogens is 380 g/mol. The fourth-order valence-electron chi connectivity index (χ4n) is 3.13. The van der Waals surface area contributed by atoms with Gasteiger partial charge in [0.1, 0.15) is 18.1 Å². The number of amides is 3. The van der Waals surface area contributed by atoms with Crippen LogP contribution in [0.25, 0.3) is 11.3 Å². The predicted octanol–water partition coefficient (Wildman–Crippen LogP) is 4.14. The molecule has 0 atom stereocenters. The maximum Gasteiger partial charge on any atom is 0.262 e. The average Bonchev–Trinajstić information content (AvgIpc) is 3.20. The highest BCUT2D eigenvalue weighted by molar-refractivity contribution is 6.31. The molecule has 0 aliphatic carbocycles. The highest BCUT2D eigenvalue weighted by Gasteiger charge is 2.36. The molecule has 140 valence electrons. The van der Waals surface area contributed by atoms with E-state index in [4.69, 9.17) is 16.0 Å². The van der Waals surface area contributed by atoms with E-state index in [1.165, 1.54) is 0 Å². The number of fused-ring (bicyclic) bond motifs is 1. The lowest BCUT2D eigenvalue weighted by molar-refractivity contribution is -0.116. The average molecular weight is 395 g/mol. The summed E-state index contributed by atoms with van der Waals surface area (Å²) >= 11 is 6.07. The van der Waals surface area contributed by atoms with E-state index < -0.39 is 24.3 Å². The molecule has 7 heteroatoms. The Morgan fingerprint density at radius 2 is 1.68 bits per heavy atom.